The van der Waals surface area contributed by atoms with Crippen molar-refractivity contribution >= 4 is 0 Å². The molecule has 1 aliphatic heterocycles. The van der Waals surface area contributed by atoms with Crippen molar-refractivity contribution in [2.24, 2.45) is 5.41 Å². The minimum absolute atomic E-state index is 0.423. The van der Waals surface area contributed by atoms with Crippen LogP contribution in [0.25, 0.3) is 0 Å². The van der Waals surface area contributed by atoms with Crippen LogP contribution in [0.4, 0.5) is 0 Å². The Morgan fingerprint density at radius 1 is 1.21 bits per heavy atom. The highest BCUT2D eigenvalue weighted by atomic mass is 16.5. The van der Waals surface area contributed by atoms with E-state index >= 15 is 0 Å². The summed E-state index contributed by atoms with van der Waals surface area (Å²) in [6.45, 7) is 6.36. The molecule has 19 heavy (non-hydrogen) atoms. The normalized spacial score (nSPS) is 22.4. The number of benzene rings is 1. The molecule has 0 spiro atoms. The van der Waals surface area contributed by atoms with Gasteiger partial charge in [0, 0.05) is 26.3 Å². The predicted octanol–water partition coefficient (Wildman–Crippen LogP) is 3.47. The average Bonchev–Trinajstić information content (AvgIpc) is 3.24. The Bertz CT molecular complexity index is 419. The highest BCUT2D eigenvalue weighted by molar-refractivity contribution is 5.33. The van der Waals surface area contributed by atoms with Gasteiger partial charge in [-0.2, -0.15) is 0 Å². The van der Waals surface area contributed by atoms with Gasteiger partial charge in [0.25, 0.3) is 0 Å². The Kier molecular flexibility index (Phi) is 3.90. The van der Waals surface area contributed by atoms with Crippen molar-refractivity contribution in [1.82, 2.24) is 5.32 Å². The number of nitrogens with one attached hydrogen (secondary N) is 1. The van der Waals surface area contributed by atoms with Gasteiger partial charge in [-0.25, -0.2) is 0 Å². The Hall–Kier alpha value is -0.860. The molecule has 1 aromatic rings. The van der Waals surface area contributed by atoms with Gasteiger partial charge < -0.3 is 10.1 Å². The van der Waals surface area contributed by atoms with E-state index in [0.29, 0.717) is 5.41 Å². The van der Waals surface area contributed by atoms with E-state index in [4.69, 9.17) is 4.74 Å². The summed E-state index contributed by atoms with van der Waals surface area (Å²) in [6, 6.07) is 8.94. The lowest BCUT2D eigenvalue weighted by atomic mass is 9.82. The third-order valence-electron chi connectivity index (χ3n) is 4.64. The Balaban J connectivity index is 1.54. The zero-order valence-electron chi connectivity index (χ0n) is 12.0. The van der Waals surface area contributed by atoms with Gasteiger partial charge in [-0.05, 0) is 48.1 Å². The minimum Gasteiger partial charge on any atom is -0.381 e. The molecule has 0 unspecified atom stereocenters. The van der Waals surface area contributed by atoms with E-state index in [1.165, 1.54) is 31.2 Å². The summed E-state index contributed by atoms with van der Waals surface area (Å²) in [7, 11) is 0. The number of ether oxygens (including phenoxy) is 1. The molecule has 0 aromatic heterocycles. The monoisotopic (exact) mass is 259 g/mol. The Morgan fingerprint density at radius 3 is 2.68 bits per heavy atom. The molecule has 0 bridgehead atoms. The van der Waals surface area contributed by atoms with Crippen LogP contribution in [0, 0.1) is 5.41 Å². The largest absolute Gasteiger partial charge is 0.381 e. The molecule has 0 radical (unpaired) electrons. The summed E-state index contributed by atoms with van der Waals surface area (Å²) in [5.74, 6) is 0.844. The van der Waals surface area contributed by atoms with Gasteiger partial charge in [0.1, 0.15) is 0 Å². The summed E-state index contributed by atoms with van der Waals surface area (Å²) in [6.07, 6.45) is 5.13. The van der Waals surface area contributed by atoms with Gasteiger partial charge in [-0.15, -0.1) is 0 Å². The molecule has 1 aliphatic carbocycles. The van der Waals surface area contributed by atoms with Gasteiger partial charge in [-0.1, -0.05) is 31.2 Å². The van der Waals surface area contributed by atoms with Crippen molar-refractivity contribution in [3.05, 3.63) is 35.4 Å². The molecule has 2 heteroatoms. The first kappa shape index (κ1) is 13.1. The van der Waals surface area contributed by atoms with Crippen molar-refractivity contribution in [1.29, 1.82) is 0 Å². The quantitative estimate of drug-likeness (QED) is 0.874. The predicted molar refractivity (Wildman–Crippen MR) is 78.3 cm³/mol. The van der Waals surface area contributed by atoms with E-state index in [-0.39, 0.29) is 0 Å². The standard InChI is InChI=1S/C17H25NO/c1-17(8-10-19-11-9-17)13-18-12-15-4-2-3-5-16(15)14-6-7-14/h2-5,14,18H,6-13H2,1H3. The van der Waals surface area contributed by atoms with E-state index in [1.54, 1.807) is 5.56 Å². The van der Waals surface area contributed by atoms with Gasteiger partial charge in [-0.3, -0.25) is 0 Å². The van der Waals surface area contributed by atoms with Crippen LogP contribution in [0.5, 0.6) is 0 Å². The second-order valence-electron chi connectivity index (χ2n) is 6.50. The average molecular weight is 259 g/mol. The van der Waals surface area contributed by atoms with E-state index in [0.717, 1.165) is 32.2 Å². The molecule has 1 aromatic carbocycles. The summed E-state index contributed by atoms with van der Waals surface area (Å²) >= 11 is 0. The highest BCUT2D eigenvalue weighted by Gasteiger charge is 2.28. The first-order valence-electron chi connectivity index (χ1n) is 7.63. The fourth-order valence-corrected chi connectivity index (χ4v) is 3.03. The topological polar surface area (TPSA) is 21.3 Å². The lowest BCUT2D eigenvalue weighted by molar-refractivity contribution is 0.0240. The number of hydrogen-bond acceptors (Lipinski definition) is 2. The van der Waals surface area contributed by atoms with Crippen LogP contribution in [0.2, 0.25) is 0 Å². The van der Waals surface area contributed by atoms with Crippen LogP contribution in [-0.2, 0) is 11.3 Å². The fraction of sp³-hybridized carbons (Fsp3) is 0.647. The molecule has 0 amide bonds. The summed E-state index contributed by atoms with van der Waals surface area (Å²) in [5, 5.41) is 3.68. The van der Waals surface area contributed by atoms with Crippen LogP contribution in [-0.4, -0.2) is 19.8 Å². The molecule has 104 valence electrons. The molecule has 1 saturated carbocycles. The van der Waals surface area contributed by atoms with Gasteiger partial charge in [0.05, 0.1) is 0 Å². The molecule has 1 saturated heterocycles. The molecule has 3 rings (SSSR count). The molecule has 2 fully saturated rings. The van der Waals surface area contributed by atoms with Crippen molar-refractivity contribution in [3.63, 3.8) is 0 Å². The maximum atomic E-state index is 5.46. The zero-order chi connectivity index (χ0) is 13.1. The van der Waals surface area contributed by atoms with Crippen LogP contribution in [0.15, 0.2) is 24.3 Å². The summed E-state index contributed by atoms with van der Waals surface area (Å²) in [5.41, 5.74) is 3.50. The van der Waals surface area contributed by atoms with Crippen molar-refractivity contribution < 1.29 is 4.74 Å². The van der Waals surface area contributed by atoms with Gasteiger partial charge in [0.2, 0.25) is 0 Å². The third kappa shape index (κ3) is 3.37. The van der Waals surface area contributed by atoms with Crippen molar-refractivity contribution in [3.8, 4) is 0 Å². The molecule has 1 N–H and O–H groups in total. The summed E-state index contributed by atoms with van der Waals surface area (Å²) in [4.78, 5) is 0. The molecule has 2 aliphatic rings. The zero-order valence-corrected chi connectivity index (χ0v) is 12.0. The third-order valence-corrected chi connectivity index (χ3v) is 4.64. The lowest BCUT2D eigenvalue weighted by Gasteiger charge is -2.33. The number of rotatable bonds is 5. The van der Waals surface area contributed by atoms with E-state index < -0.39 is 0 Å². The summed E-state index contributed by atoms with van der Waals surface area (Å²) < 4.78 is 5.46. The second kappa shape index (κ2) is 5.64. The maximum absolute atomic E-state index is 5.46. The molecular formula is C17H25NO. The van der Waals surface area contributed by atoms with Crippen LogP contribution >= 0.6 is 0 Å². The van der Waals surface area contributed by atoms with Crippen LogP contribution < -0.4 is 5.32 Å². The molecule has 2 nitrogen and oxygen atoms in total. The molecule has 1 heterocycles. The van der Waals surface area contributed by atoms with Crippen LogP contribution in [0.3, 0.4) is 0 Å². The highest BCUT2D eigenvalue weighted by Crippen LogP contribution is 2.41. The second-order valence-corrected chi connectivity index (χ2v) is 6.50. The van der Waals surface area contributed by atoms with Gasteiger partial charge >= 0.3 is 0 Å². The smallest absolute Gasteiger partial charge is 0.0471 e. The Morgan fingerprint density at radius 2 is 1.95 bits per heavy atom. The van der Waals surface area contributed by atoms with Gasteiger partial charge in [0.15, 0.2) is 0 Å². The first-order valence-corrected chi connectivity index (χ1v) is 7.63. The van der Waals surface area contributed by atoms with E-state index in [9.17, 15) is 0 Å². The lowest BCUT2D eigenvalue weighted by Crippen LogP contribution is -2.36. The van der Waals surface area contributed by atoms with E-state index in [1.807, 2.05) is 0 Å². The van der Waals surface area contributed by atoms with Crippen molar-refractivity contribution in [2.45, 2.75) is 45.1 Å². The minimum atomic E-state index is 0.423. The van der Waals surface area contributed by atoms with Crippen LogP contribution in [0.1, 0.15) is 49.7 Å². The maximum Gasteiger partial charge on any atom is 0.0471 e. The SMILES string of the molecule is CC1(CNCc2ccccc2C2CC2)CCOCC1. The van der Waals surface area contributed by atoms with Crippen molar-refractivity contribution in [2.75, 3.05) is 19.8 Å². The fourth-order valence-electron chi connectivity index (χ4n) is 3.03. The van der Waals surface area contributed by atoms with E-state index in [2.05, 4.69) is 36.5 Å². The molecular weight excluding hydrogens is 234 g/mol. The Labute approximate surface area is 116 Å². The first-order chi connectivity index (χ1) is 9.27. The number of hydrogen-bond donors (Lipinski definition) is 1. The molecule has 0 atom stereocenters.